The predicted octanol–water partition coefficient (Wildman–Crippen LogP) is 0.687. The Morgan fingerprint density at radius 2 is 1.79 bits per heavy atom. The number of carbonyl (C=O) groups is 2. The van der Waals surface area contributed by atoms with E-state index in [1.165, 1.54) is 0 Å². The summed E-state index contributed by atoms with van der Waals surface area (Å²) in [6.07, 6.45) is 2.21. The maximum Gasteiger partial charge on any atom is 0.239 e. The average Bonchev–Trinajstić information content (AvgIpc) is 2.36. The third-order valence-corrected chi connectivity index (χ3v) is 3.64. The number of hydrogen-bond donors (Lipinski definition) is 1. The quantitative estimate of drug-likeness (QED) is 0.816. The summed E-state index contributed by atoms with van der Waals surface area (Å²) in [5.41, 5.74) is 5.93. The third-order valence-electron chi connectivity index (χ3n) is 3.64. The van der Waals surface area contributed by atoms with Crippen LogP contribution >= 0.6 is 0 Å². The lowest BCUT2D eigenvalue weighted by molar-refractivity contribution is -0.139. The van der Waals surface area contributed by atoms with Gasteiger partial charge in [-0.15, -0.1) is 0 Å². The van der Waals surface area contributed by atoms with Crippen LogP contribution in [-0.4, -0.2) is 54.8 Å². The number of amides is 2. The third kappa shape index (κ3) is 4.49. The molecule has 1 heterocycles. The zero-order chi connectivity index (χ0) is 14.6. The number of piperidine rings is 1. The minimum Gasteiger partial charge on any atom is -0.349 e. The summed E-state index contributed by atoms with van der Waals surface area (Å²) < 4.78 is 0. The Morgan fingerprint density at radius 1 is 1.26 bits per heavy atom. The van der Waals surface area contributed by atoms with Crippen molar-refractivity contribution in [3.8, 4) is 0 Å². The monoisotopic (exact) mass is 269 g/mol. The molecule has 1 fully saturated rings. The molecule has 1 atom stereocenters. The van der Waals surface area contributed by atoms with E-state index in [0.717, 1.165) is 19.3 Å². The van der Waals surface area contributed by atoms with Crippen molar-refractivity contribution < 1.29 is 9.59 Å². The zero-order valence-electron chi connectivity index (χ0n) is 12.6. The predicted molar refractivity (Wildman–Crippen MR) is 75.4 cm³/mol. The van der Waals surface area contributed by atoms with E-state index in [-0.39, 0.29) is 17.7 Å². The van der Waals surface area contributed by atoms with Crippen molar-refractivity contribution in [1.82, 2.24) is 9.80 Å². The van der Waals surface area contributed by atoms with E-state index in [4.69, 9.17) is 5.73 Å². The SMILES string of the molecule is CC(C)C[C@@H](N)C(=O)N1CCC(C(=O)N(C)C)CC1. The molecule has 1 aliphatic rings. The number of nitrogens with zero attached hydrogens (tertiary/aromatic N) is 2. The maximum absolute atomic E-state index is 12.1. The topological polar surface area (TPSA) is 66.6 Å². The van der Waals surface area contributed by atoms with Gasteiger partial charge in [0.1, 0.15) is 0 Å². The molecule has 2 N–H and O–H groups in total. The molecule has 2 amide bonds. The molecule has 0 aromatic carbocycles. The lowest BCUT2D eigenvalue weighted by atomic mass is 9.94. The van der Waals surface area contributed by atoms with Gasteiger partial charge in [0.15, 0.2) is 0 Å². The molecule has 1 saturated heterocycles. The van der Waals surface area contributed by atoms with Gasteiger partial charge in [0.25, 0.3) is 0 Å². The van der Waals surface area contributed by atoms with Crippen LogP contribution in [0.5, 0.6) is 0 Å². The summed E-state index contributed by atoms with van der Waals surface area (Å²) in [6, 6.07) is -0.402. The molecule has 0 unspecified atom stereocenters. The van der Waals surface area contributed by atoms with Crippen LogP contribution in [0.4, 0.5) is 0 Å². The molecule has 5 heteroatoms. The fourth-order valence-electron chi connectivity index (χ4n) is 2.56. The summed E-state index contributed by atoms with van der Waals surface area (Å²) in [6.45, 7) is 5.42. The number of likely N-dealkylation sites (tertiary alicyclic amines) is 1. The largest absolute Gasteiger partial charge is 0.349 e. The van der Waals surface area contributed by atoms with Crippen molar-refractivity contribution >= 4 is 11.8 Å². The first kappa shape index (κ1) is 16.0. The zero-order valence-corrected chi connectivity index (χ0v) is 12.6. The fraction of sp³-hybridized carbons (Fsp3) is 0.857. The highest BCUT2D eigenvalue weighted by atomic mass is 16.2. The van der Waals surface area contributed by atoms with Gasteiger partial charge >= 0.3 is 0 Å². The summed E-state index contributed by atoms with van der Waals surface area (Å²) in [5, 5.41) is 0. The molecule has 19 heavy (non-hydrogen) atoms. The van der Waals surface area contributed by atoms with Gasteiger partial charge in [-0.1, -0.05) is 13.8 Å². The van der Waals surface area contributed by atoms with Crippen molar-refractivity contribution in [3.63, 3.8) is 0 Å². The standard InChI is InChI=1S/C14H27N3O2/c1-10(2)9-12(15)14(19)17-7-5-11(6-8-17)13(18)16(3)4/h10-12H,5-9,15H2,1-4H3/t12-/m1/s1. The first-order chi connectivity index (χ1) is 8.82. The molecule has 5 nitrogen and oxygen atoms in total. The van der Waals surface area contributed by atoms with Gasteiger partial charge in [-0.2, -0.15) is 0 Å². The Morgan fingerprint density at radius 3 is 2.21 bits per heavy atom. The van der Waals surface area contributed by atoms with Gasteiger partial charge in [-0.05, 0) is 25.2 Å². The molecule has 1 aliphatic heterocycles. The van der Waals surface area contributed by atoms with E-state index >= 15 is 0 Å². The van der Waals surface area contributed by atoms with Crippen molar-refractivity contribution in [2.45, 2.75) is 39.2 Å². The number of nitrogens with two attached hydrogens (primary N) is 1. The molecule has 0 bridgehead atoms. The van der Waals surface area contributed by atoms with Gasteiger partial charge in [-0.25, -0.2) is 0 Å². The second-order valence-corrected chi connectivity index (χ2v) is 6.07. The highest BCUT2D eigenvalue weighted by molar-refractivity contribution is 5.82. The molecule has 1 rings (SSSR count). The second-order valence-electron chi connectivity index (χ2n) is 6.07. The summed E-state index contributed by atoms with van der Waals surface area (Å²) in [4.78, 5) is 27.4. The highest BCUT2D eigenvalue weighted by Crippen LogP contribution is 2.20. The normalized spacial score (nSPS) is 18.5. The molecule has 0 radical (unpaired) electrons. The average molecular weight is 269 g/mol. The van der Waals surface area contributed by atoms with Gasteiger partial charge in [0, 0.05) is 33.1 Å². The van der Waals surface area contributed by atoms with Crippen molar-refractivity contribution in [2.24, 2.45) is 17.6 Å². The van der Waals surface area contributed by atoms with Crippen molar-refractivity contribution in [1.29, 1.82) is 0 Å². The molecule has 0 aromatic heterocycles. The Hall–Kier alpha value is -1.10. The van der Waals surface area contributed by atoms with E-state index in [1.54, 1.807) is 19.0 Å². The number of rotatable bonds is 4. The second kappa shape index (κ2) is 6.89. The summed E-state index contributed by atoms with van der Waals surface area (Å²) >= 11 is 0. The van der Waals surface area contributed by atoms with Crippen LogP contribution in [0.2, 0.25) is 0 Å². The Labute approximate surface area is 116 Å². The molecular formula is C14H27N3O2. The number of carbonyl (C=O) groups excluding carboxylic acids is 2. The van der Waals surface area contributed by atoms with E-state index in [9.17, 15) is 9.59 Å². The molecular weight excluding hydrogens is 242 g/mol. The smallest absolute Gasteiger partial charge is 0.239 e. The van der Waals surface area contributed by atoms with Crippen LogP contribution in [-0.2, 0) is 9.59 Å². The minimum atomic E-state index is -0.402. The first-order valence-electron chi connectivity index (χ1n) is 7.08. The van der Waals surface area contributed by atoms with Gasteiger partial charge in [0.05, 0.1) is 6.04 Å². The lowest BCUT2D eigenvalue weighted by Gasteiger charge is -2.34. The Balaban J connectivity index is 2.45. The van der Waals surface area contributed by atoms with E-state index < -0.39 is 6.04 Å². The Bertz CT molecular complexity index is 321. The van der Waals surface area contributed by atoms with E-state index in [1.807, 2.05) is 4.90 Å². The molecule has 0 saturated carbocycles. The molecule has 0 aliphatic carbocycles. The van der Waals surface area contributed by atoms with Crippen LogP contribution in [0.3, 0.4) is 0 Å². The number of hydrogen-bond acceptors (Lipinski definition) is 3. The first-order valence-corrected chi connectivity index (χ1v) is 7.08. The van der Waals surface area contributed by atoms with Gasteiger partial charge < -0.3 is 15.5 Å². The van der Waals surface area contributed by atoms with Gasteiger partial charge in [0.2, 0.25) is 11.8 Å². The van der Waals surface area contributed by atoms with E-state index in [0.29, 0.717) is 19.0 Å². The van der Waals surface area contributed by atoms with Gasteiger partial charge in [-0.3, -0.25) is 9.59 Å². The van der Waals surface area contributed by atoms with Crippen LogP contribution in [0, 0.1) is 11.8 Å². The highest BCUT2D eigenvalue weighted by Gasteiger charge is 2.30. The lowest BCUT2D eigenvalue weighted by Crippen LogP contribution is -2.49. The van der Waals surface area contributed by atoms with Crippen molar-refractivity contribution in [2.75, 3.05) is 27.2 Å². The van der Waals surface area contributed by atoms with Crippen LogP contribution < -0.4 is 5.73 Å². The summed E-state index contributed by atoms with van der Waals surface area (Å²) in [7, 11) is 3.55. The van der Waals surface area contributed by atoms with Crippen molar-refractivity contribution in [3.05, 3.63) is 0 Å². The molecule has 0 aromatic rings. The maximum atomic E-state index is 12.1. The van der Waals surface area contributed by atoms with Crippen LogP contribution in [0.25, 0.3) is 0 Å². The molecule has 110 valence electrons. The van der Waals surface area contributed by atoms with Crippen LogP contribution in [0.1, 0.15) is 33.1 Å². The Kier molecular flexibility index (Phi) is 5.79. The van der Waals surface area contributed by atoms with Crippen LogP contribution in [0.15, 0.2) is 0 Å². The molecule has 0 spiro atoms. The van der Waals surface area contributed by atoms with E-state index in [2.05, 4.69) is 13.8 Å². The minimum absolute atomic E-state index is 0.0319. The fourth-order valence-corrected chi connectivity index (χ4v) is 2.56. The summed E-state index contributed by atoms with van der Waals surface area (Å²) in [5.74, 6) is 0.676.